The third-order valence-electron chi connectivity index (χ3n) is 3.77. The largest absolute Gasteiger partial charge is 0.463 e. The minimum Gasteiger partial charge on any atom is -0.463 e. The second-order valence-corrected chi connectivity index (χ2v) is 6.14. The van der Waals surface area contributed by atoms with Crippen LogP contribution < -0.4 is 5.32 Å². The van der Waals surface area contributed by atoms with E-state index in [4.69, 9.17) is 4.42 Å². The van der Waals surface area contributed by atoms with Gasteiger partial charge in [0.25, 0.3) is 0 Å². The normalized spacial score (nSPS) is 15.6. The Balaban J connectivity index is 1.51. The molecule has 0 saturated carbocycles. The zero-order chi connectivity index (χ0) is 14.7. The van der Waals surface area contributed by atoms with Crippen molar-refractivity contribution in [1.82, 2.24) is 19.8 Å². The molecule has 5 nitrogen and oxygen atoms in total. The molecule has 1 N–H and O–H groups in total. The van der Waals surface area contributed by atoms with Crippen molar-refractivity contribution in [3.63, 3.8) is 0 Å². The quantitative estimate of drug-likeness (QED) is 0.885. The minimum atomic E-state index is 0.663. The van der Waals surface area contributed by atoms with Crippen LogP contribution in [0.15, 0.2) is 28.9 Å². The first-order valence-corrected chi connectivity index (χ1v) is 7.71. The van der Waals surface area contributed by atoms with Gasteiger partial charge in [0.1, 0.15) is 17.3 Å². The van der Waals surface area contributed by atoms with Gasteiger partial charge in [-0.15, -0.1) is 0 Å². The minimum absolute atomic E-state index is 0.663. The Hall–Kier alpha value is -1.59. The highest BCUT2D eigenvalue weighted by molar-refractivity contribution is 5.07. The van der Waals surface area contributed by atoms with Gasteiger partial charge in [-0.2, -0.15) is 0 Å². The Bertz CT molecular complexity index is 572. The fraction of sp³-hybridized carbons (Fsp3) is 0.562. The first-order chi connectivity index (χ1) is 10.2. The van der Waals surface area contributed by atoms with Gasteiger partial charge < -0.3 is 14.3 Å². The van der Waals surface area contributed by atoms with Crippen LogP contribution in [-0.4, -0.2) is 27.5 Å². The summed E-state index contributed by atoms with van der Waals surface area (Å²) in [6.45, 7) is 10.1. The predicted molar refractivity (Wildman–Crippen MR) is 81.6 cm³/mol. The number of aromatic nitrogens is 2. The lowest BCUT2D eigenvalue weighted by molar-refractivity contribution is 0.192. The van der Waals surface area contributed by atoms with E-state index >= 15 is 0 Å². The van der Waals surface area contributed by atoms with Crippen LogP contribution in [0.4, 0.5) is 0 Å². The molecule has 21 heavy (non-hydrogen) atoms. The maximum Gasteiger partial charge on any atom is 0.122 e. The van der Waals surface area contributed by atoms with E-state index in [1.165, 1.54) is 0 Å². The third kappa shape index (κ3) is 3.74. The molecule has 0 fully saturated rings. The summed E-state index contributed by atoms with van der Waals surface area (Å²) < 4.78 is 8.13. The maximum absolute atomic E-state index is 5.91. The van der Waals surface area contributed by atoms with E-state index in [2.05, 4.69) is 51.9 Å². The molecular weight excluding hydrogens is 264 g/mol. The SMILES string of the molecule is CC(C)CNCc1ccc(CN2CCn3ccnc3C2)o1. The Morgan fingerprint density at radius 2 is 2.14 bits per heavy atom. The second kappa shape index (κ2) is 6.45. The molecule has 0 spiro atoms. The Kier molecular flexibility index (Phi) is 4.41. The van der Waals surface area contributed by atoms with Crippen molar-refractivity contribution in [2.45, 2.75) is 40.0 Å². The second-order valence-electron chi connectivity index (χ2n) is 6.14. The molecule has 0 amide bonds. The molecule has 0 aliphatic carbocycles. The highest BCUT2D eigenvalue weighted by Crippen LogP contribution is 2.15. The zero-order valence-corrected chi connectivity index (χ0v) is 12.9. The van der Waals surface area contributed by atoms with E-state index in [1.807, 2.05) is 6.20 Å². The Labute approximate surface area is 126 Å². The molecule has 0 atom stereocenters. The van der Waals surface area contributed by atoms with Gasteiger partial charge in [0.2, 0.25) is 0 Å². The average molecular weight is 288 g/mol. The first-order valence-electron chi connectivity index (χ1n) is 7.71. The van der Waals surface area contributed by atoms with Crippen molar-refractivity contribution >= 4 is 0 Å². The predicted octanol–water partition coefficient (Wildman–Crippen LogP) is 2.24. The number of nitrogens with zero attached hydrogens (tertiary/aromatic N) is 3. The summed E-state index contributed by atoms with van der Waals surface area (Å²) >= 11 is 0. The smallest absolute Gasteiger partial charge is 0.122 e. The number of rotatable bonds is 6. The van der Waals surface area contributed by atoms with Crippen LogP contribution in [0.5, 0.6) is 0 Å². The van der Waals surface area contributed by atoms with Crippen molar-refractivity contribution in [2.24, 2.45) is 5.92 Å². The summed E-state index contributed by atoms with van der Waals surface area (Å²) in [6, 6.07) is 4.17. The van der Waals surface area contributed by atoms with Crippen LogP contribution in [0.3, 0.4) is 0 Å². The first kappa shape index (κ1) is 14.4. The van der Waals surface area contributed by atoms with E-state index in [0.717, 1.165) is 56.6 Å². The molecule has 3 heterocycles. The van der Waals surface area contributed by atoms with Gasteiger partial charge in [-0.05, 0) is 24.6 Å². The number of hydrogen-bond donors (Lipinski definition) is 1. The van der Waals surface area contributed by atoms with Gasteiger partial charge in [0.15, 0.2) is 0 Å². The van der Waals surface area contributed by atoms with E-state index < -0.39 is 0 Å². The van der Waals surface area contributed by atoms with Gasteiger partial charge >= 0.3 is 0 Å². The van der Waals surface area contributed by atoms with Gasteiger partial charge in [-0.3, -0.25) is 4.90 Å². The molecular formula is C16H24N4O. The van der Waals surface area contributed by atoms with E-state index in [-0.39, 0.29) is 0 Å². The number of imidazole rings is 1. The molecule has 114 valence electrons. The van der Waals surface area contributed by atoms with Crippen LogP contribution >= 0.6 is 0 Å². The lowest BCUT2D eigenvalue weighted by Gasteiger charge is -2.26. The fourth-order valence-corrected chi connectivity index (χ4v) is 2.67. The van der Waals surface area contributed by atoms with Crippen molar-refractivity contribution in [1.29, 1.82) is 0 Å². The number of fused-ring (bicyclic) bond motifs is 1. The van der Waals surface area contributed by atoms with E-state index in [0.29, 0.717) is 5.92 Å². The Morgan fingerprint density at radius 3 is 3.00 bits per heavy atom. The van der Waals surface area contributed by atoms with Crippen LogP contribution in [0.25, 0.3) is 0 Å². The van der Waals surface area contributed by atoms with Crippen LogP contribution in [0, 0.1) is 5.92 Å². The molecule has 5 heteroatoms. The van der Waals surface area contributed by atoms with Gasteiger partial charge in [0, 0.05) is 25.5 Å². The van der Waals surface area contributed by atoms with Crippen LogP contribution in [-0.2, 0) is 26.2 Å². The lowest BCUT2D eigenvalue weighted by Crippen LogP contribution is -2.33. The van der Waals surface area contributed by atoms with E-state index in [9.17, 15) is 0 Å². The maximum atomic E-state index is 5.91. The summed E-state index contributed by atoms with van der Waals surface area (Å²) in [5.74, 6) is 3.86. The van der Waals surface area contributed by atoms with Crippen molar-refractivity contribution in [2.75, 3.05) is 13.1 Å². The van der Waals surface area contributed by atoms with Gasteiger partial charge in [-0.25, -0.2) is 4.98 Å². The molecule has 2 aromatic rings. The third-order valence-corrected chi connectivity index (χ3v) is 3.77. The van der Waals surface area contributed by atoms with Gasteiger partial charge in [-0.1, -0.05) is 13.8 Å². The average Bonchev–Trinajstić information content (AvgIpc) is 3.07. The number of furan rings is 1. The van der Waals surface area contributed by atoms with Crippen LogP contribution in [0.2, 0.25) is 0 Å². The fourth-order valence-electron chi connectivity index (χ4n) is 2.67. The molecule has 0 unspecified atom stereocenters. The molecule has 0 bridgehead atoms. The standard InChI is InChI=1S/C16H24N4O/c1-13(2)9-17-10-14-3-4-15(21-14)11-19-7-8-20-6-5-18-16(20)12-19/h3-6,13,17H,7-12H2,1-2H3. The summed E-state index contributed by atoms with van der Waals surface area (Å²) in [6.07, 6.45) is 3.93. The van der Waals surface area contributed by atoms with E-state index in [1.54, 1.807) is 0 Å². The summed E-state index contributed by atoms with van der Waals surface area (Å²) in [7, 11) is 0. The molecule has 3 rings (SSSR count). The monoisotopic (exact) mass is 288 g/mol. The summed E-state index contributed by atoms with van der Waals surface area (Å²) in [5, 5.41) is 3.41. The molecule has 0 aromatic carbocycles. The number of hydrogen-bond acceptors (Lipinski definition) is 4. The number of nitrogens with one attached hydrogen (secondary N) is 1. The highest BCUT2D eigenvalue weighted by atomic mass is 16.3. The molecule has 1 aliphatic heterocycles. The summed E-state index contributed by atoms with van der Waals surface area (Å²) in [5.41, 5.74) is 0. The van der Waals surface area contributed by atoms with Crippen LogP contribution in [0.1, 0.15) is 31.2 Å². The zero-order valence-electron chi connectivity index (χ0n) is 12.9. The molecule has 1 aliphatic rings. The highest BCUT2D eigenvalue weighted by Gasteiger charge is 2.17. The van der Waals surface area contributed by atoms with Crippen molar-refractivity contribution in [3.05, 3.63) is 41.9 Å². The Morgan fingerprint density at radius 1 is 1.29 bits per heavy atom. The molecule has 2 aromatic heterocycles. The van der Waals surface area contributed by atoms with Crippen molar-refractivity contribution in [3.8, 4) is 0 Å². The molecule has 0 saturated heterocycles. The summed E-state index contributed by atoms with van der Waals surface area (Å²) in [4.78, 5) is 6.77. The van der Waals surface area contributed by atoms with Crippen molar-refractivity contribution < 1.29 is 4.42 Å². The topological polar surface area (TPSA) is 46.2 Å². The lowest BCUT2D eigenvalue weighted by atomic mass is 10.2. The van der Waals surface area contributed by atoms with Gasteiger partial charge in [0.05, 0.1) is 19.6 Å². The molecule has 0 radical (unpaired) electrons.